The van der Waals surface area contributed by atoms with Crippen molar-refractivity contribution < 1.29 is 4.79 Å². The van der Waals surface area contributed by atoms with E-state index in [0.29, 0.717) is 19.4 Å². The van der Waals surface area contributed by atoms with Gasteiger partial charge in [0, 0.05) is 58.0 Å². The maximum atomic E-state index is 12.3. The number of anilines is 1. The second-order valence-electron chi connectivity index (χ2n) is 9.70. The first kappa shape index (κ1) is 24.0. The Morgan fingerprint density at radius 3 is 2.45 bits per heavy atom. The third-order valence-electron chi connectivity index (χ3n) is 6.95. The van der Waals surface area contributed by atoms with Crippen molar-refractivity contribution in [2.24, 2.45) is 15.4 Å². The topological polar surface area (TPSA) is 99.3 Å². The summed E-state index contributed by atoms with van der Waals surface area (Å²) in [6.45, 7) is 5.13. The molecular formula is C29H28N8O. The number of piperazine rings is 1. The number of aromatic nitrogens is 3. The number of pyridine rings is 1. The smallest absolute Gasteiger partial charge is 0.147 e. The van der Waals surface area contributed by atoms with Crippen molar-refractivity contribution in [1.82, 2.24) is 19.9 Å². The minimum atomic E-state index is 0.121. The molecule has 0 radical (unpaired) electrons. The van der Waals surface area contributed by atoms with Crippen LogP contribution in [0, 0.1) is 0 Å². The molecule has 0 atom stereocenters. The molecule has 0 bridgehead atoms. The lowest BCUT2D eigenvalue weighted by Gasteiger charge is -2.35. The van der Waals surface area contributed by atoms with Gasteiger partial charge in [-0.2, -0.15) is 5.11 Å². The summed E-state index contributed by atoms with van der Waals surface area (Å²) in [7, 11) is 0. The first-order valence-corrected chi connectivity index (χ1v) is 12.9. The van der Waals surface area contributed by atoms with Crippen molar-refractivity contribution in [2.45, 2.75) is 19.4 Å². The molecule has 4 aromatic rings. The van der Waals surface area contributed by atoms with Crippen molar-refractivity contribution in [1.29, 1.82) is 0 Å². The van der Waals surface area contributed by atoms with E-state index < -0.39 is 0 Å². The van der Waals surface area contributed by atoms with Crippen LogP contribution in [0.3, 0.4) is 0 Å². The van der Waals surface area contributed by atoms with Gasteiger partial charge in [-0.25, -0.2) is 4.98 Å². The van der Waals surface area contributed by atoms with E-state index in [1.165, 1.54) is 5.56 Å². The summed E-state index contributed by atoms with van der Waals surface area (Å²) in [5.74, 6) is 1.03. The lowest BCUT2D eigenvalue weighted by molar-refractivity contribution is -0.117. The number of carbonyl (C=O) groups is 1. The Balaban J connectivity index is 1.11. The van der Waals surface area contributed by atoms with Gasteiger partial charge in [0.2, 0.25) is 0 Å². The van der Waals surface area contributed by atoms with Gasteiger partial charge in [-0.05, 0) is 45.7 Å². The number of rotatable bonds is 8. The predicted molar refractivity (Wildman–Crippen MR) is 147 cm³/mol. The van der Waals surface area contributed by atoms with Crippen molar-refractivity contribution in [2.75, 3.05) is 37.6 Å². The van der Waals surface area contributed by atoms with Gasteiger partial charge in [-0.15, -0.1) is 5.10 Å². The molecule has 38 heavy (non-hydrogen) atoms. The van der Waals surface area contributed by atoms with Crippen LogP contribution in [0.25, 0.3) is 22.2 Å². The van der Waals surface area contributed by atoms with Gasteiger partial charge in [0.15, 0.2) is 0 Å². The van der Waals surface area contributed by atoms with Crippen molar-refractivity contribution in [3.63, 3.8) is 0 Å². The Kier molecular flexibility index (Phi) is 6.91. The van der Waals surface area contributed by atoms with Crippen LogP contribution >= 0.6 is 0 Å². The fourth-order valence-electron chi connectivity index (χ4n) is 4.88. The molecule has 6 rings (SSSR count). The molecule has 0 N–H and O–H groups in total. The molecule has 0 aliphatic carbocycles. The normalized spacial score (nSPS) is 15.7. The van der Waals surface area contributed by atoms with Crippen molar-refractivity contribution >= 4 is 28.3 Å². The van der Waals surface area contributed by atoms with Gasteiger partial charge in [0.1, 0.15) is 18.1 Å². The molecule has 1 fully saturated rings. The molecule has 1 saturated heterocycles. The highest BCUT2D eigenvalue weighted by Gasteiger charge is 2.19. The monoisotopic (exact) mass is 504 g/mol. The summed E-state index contributed by atoms with van der Waals surface area (Å²) < 4.78 is 0. The number of hydrogen-bond acceptors (Lipinski definition) is 9. The zero-order chi connectivity index (χ0) is 25.7. The summed E-state index contributed by atoms with van der Waals surface area (Å²) in [6, 6.07) is 18.4. The van der Waals surface area contributed by atoms with Gasteiger partial charge in [-0.3, -0.25) is 19.7 Å². The quantitative estimate of drug-likeness (QED) is 0.354. The molecule has 0 unspecified atom stereocenters. The average molecular weight is 505 g/mol. The molecule has 9 heteroatoms. The minimum absolute atomic E-state index is 0.121. The van der Waals surface area contributed by atoms with E-state index in [-0.39, 0.29) is 5.78 Å². The lowest BCUT2D eigenvalue weighted by Crippen LogP contribution is -2.46. The molecule has 9 nitrogen and oxygen atoms in total. The van der Waals surface area contributed by atoms with Crippen LogP contribution in [0.15, 0.2) is 88.6 Å². The van der Waals surface area contributed by atoms with Crippen LogP contribution in [0.2, 0.25) is 0 Å². The maximum absolute atomic E-state index is 12.3. The highest BCUT2D eigenvalue weighted by atomic mass is 16.1. The molecule has 4 heterocycles. The van der Waals surface area contributed by atoms with Crippen LogP contribution in [0.5, 0.6) is 0 Å². The van der Waals surface area contributed by atoms with E-state index in [4.69, 9.17) is 4.98 Å². The number of hydrogen-bond donors (Lipinski definition) is 0. The summed E-state index contributed by atoms with van der Waals surface area (Å²) in [4.78, 5) is 31.0. The van der Waals surface area contributed by atoms with Crippen LogP contribution in [-0.2, 0) is 17.8 Å². The molecule has 0 spiro atoms. The second kappa shape index (κ2) is 10.9. The van der Waals surface area contributed by atoms with Crippen LogP contribution in [0.4, 0.5) is 5.82 Å². The Bertz CT molecular complexity index is 1490. The van der Waals surface area contributed by atoms with E-state index in [1.807, 2.05) is 42.9 Å². The standard InChI is InChI=1S/C29H28N8O/c38-26(16-25-18-32-35-34-25)14-21-3-5-23(6-4-21)24-7-8-27-28(15-24)33-29(19-31-27)37-12-10-36(11-13-37)20-22-2-1-9-30-17-22/h1-9,15,17,19H,10-14,16,18,20H2. The summed E-state index contributed by atoms with van der Waals surface area (Å²) >= 11 is 0. The van der Waals surface area contributed by atoms with Gasteiger partial charge >= 0.3 is 0 Å². The van der Waals surface area contributed by atoms with Crippen LogP contribution < -0.4 is 4.90 Å². The number of benzene rings is 2. The highest BCUT2D eigenvalue weighted by Crippen LogP contribution is 2.25. The van der Waals surface area contributed by atoms with Gasteiger partial charge in [0.05, 0.1) is 22.9 Å². The number of carbonyl (C=O) groups excluding carboxylic acids is 1. The number of fused-ring (bicyclic) bond motifs is 1. The fourth-order valence-corrected chi connectivity index (χ4v) is 4.88. The Hall–Kier alpha value is -4.37. The van der Waals surface area contributed by atoms with E-state index in [2.05, 4.69) is 65.5 Å². The second-order valence-corrected chi connectivity index (χ2v) is 9.70. The lowest BCUT2D eigenvalue weighted by atomic mass is 10.00. The third-order valence-corrected chi connectivity index (χ3v) is 6.95. The van der Waals surface area contributed by atoms with E-state index >= 15 is 0 Å². The summed E-state index contributed by atoms with van der Waals surface area (Å²) in [5.41, 5.74) is 6.87. The molecular weight excluding hydrogens is 476 g/mol. The molecule has 2 aliphatic heterocycles. The van der Waals surface area contributed by atoms with Crippen LogP contribution in [0.1, 0.15) is 17.5 Å². The molecule has 2 aromatic heterocycles. The largest absolute Gasteiger partial charge is 0.353 e. The van der Waals surface area contributed by atoms with E-state index in [0.717, 1.165) is 72.0 Å². The van der Waals surface area contributed by atoms with E-state index in [9.17, 15) is 4.79 Å². The minimum Gasteiger partial charge on any atom is -0.353 e. The Morgan fingerprint density at radius 1 is 0.842 bits per heavy atom. The maximum Gasteiger partial charge on any atom is 0.147 e. The van der Waals surface area contributed by atoms with E-state index in [1.54, 1.807) is 0 Å². The summed E-state index contributed by atoms with van der Waals surface area (Å²) in [5, 5.41) is 11.3. The first-order chi connectivity index (χ1) is 18.7. The third kappa shape index (κ3) is 5.63. The van der Waals surface area contributed by atoms with Gasteiger partial charge in [0.25, 0.3) is 0 Å². The number of nitrogens with zero attached hydrogens (tertiary/aromatic N) is 8. The predicted octanol–water partition coefficient (Wildman–Crippen LogP) is 4.34. The number of ketones is 1. The first-order valence-electron chi connectivity index (χ1n) is 12.9. The Morgan fingerprint density at radius 2 is 1.68 bits per heavy atom. The van der Waals surface area contributed by atoms with Crippen LogP contribution in [-0.4, -0.2) is 64.1 Å². The molecule has 2 aromatic carbocycles. The molecule has 0 saturated carbocycles. The Labute approximate surface area is 221 Å². The number of Topliss-reactive ketones (excluding diaryl/α,β-unsaturated/α-hetero) is 1. The van der Waals surface area contributed by atoms with Gasteiger partial charge in [-0.1, -0.05) is 36.4 Å². The van der Waals surface area contributed by atoms with Crippen molar-refractivity contribution in [3.05, 3.63) is 84.3 Å². The highest BCUT2D eigenvalue weighted by molar-refractivity contribution is 6.03. The zero-order valence-corrected chi connectivity index (χ0v) is 21.1. The molecule has 190 valence electrons. The van der Waals surface area contributed by atoms with Gasteiger partial charge < -0.3 is 4.90 Å². The zero-order valence-electron chi connectivity index (χ0n) is 21.1. The fraction of sp³-hybridized carbons (Fsp3) is 0.276. The van der Waals surface area contributed by atoms with Crippen molar-refractivity contribution in [3.8, 4) is 11.1 Å². The summed E-state index contributed by atoms with van der Waals surface area (Å²) in [6.07, 6.45) is 6.31. The average Bonchev–Trinajstić information content (AvgIpc) is 3.47. The SMILES string of the molecule is O=C(CC1=NN=NC1)Cc1ccc(-c2ccc3ncc(N4CCN(Cc5cccnc5)CC4)nc3c2)cc1. The molecule has 0 amide bonds. The molecule has 2 aliphatic rings.